The fourth-order valence-electron chi connectivity index (χ4n) is 3.12. The van der Waals surface area contributed by atoms with Gasteiger partial charge in [-0.25, -0.2) is 4.79 Å². The summed E-state index contributed by atoms with van der Waals surface area (Å²) in [5.41, 5.74) is 5.65. The number of carboxylic acids is 1. The van der Waals surface area contributed by atoms with E-state index in [-0.39, 0.29) is 25.0 Å². The lowest BCUT2D eigenvalue weighted by molar-refractivity contribution is -0.138. The molecule has 1 aromatic carbocycles. The summed E-state index contributed by atoms with van der Waals surface area (Å²) in [6, 6.07) is 5.55. The molecule has 150 valence electrons. The highest BCUT2D eigenvalue weighted by molar-refractivity contribution is 5.73. The molecule has 2 aromatic rings. The zero-order valence-corrected chi connectivity index (χ0v) is 14.8. The van der Waals surface area contributed by atoms with Crippen molar-refractivity contribution in [3.05, 3.63) is 56.9 Å². The number of hydrogen-bond acceptors (Lipinski definition) is 7. The number of aliphatic hydroxyl groups excluding tert-OH is 2. The van der Waals surface area contributed by atoms with E-state index >= 15 is 0 Å². The molecule has 1 saturated heterocycles. The number of nitrogens with one attached hydrogen (secondary N) is 1. The lowest BCUT2D eigenvalue weighted by Gasteiger charge is -2.15. The third-order valence-corrected chi connectivity index (χ3v) is 4.70. The minimum Gasteiger partial charge on any atom is -0.480 e. The summed E-state index contributed by atoms with van der Waals surface area (Å²) in [6.45, 7) is -0.386. The second kappa shape index (κ2) is 8.07. The Balaban J connectivity index is 1.89. The first-order valence-corrected chi connectivity index (χ1v) is 8.67. The molecule has 10 heteroatoms. The minimum absolute atomic E-state index is 0.0998. The van der Waals surface area contributed by atoms with Crippen molar-refractivity contribution < 1.29 is 24.9 Å². The van der Waals surface area contributed by atoms with Crippen molar-refractivity contribution in [1.82, 2.24) is 9.55 Å². The number of ether oxygens (including phenoxy) is 1. The van der Waals surface area contributed by atoms with E-state index < -0.39 is 41.7 Å². The van der Waals surface area contributed by atoms with Crippen LogP contribution in [0, 0.1) is 0 Å². The number of aromatic nitrogens is 2. The first-order valence-electron chi connectivity index (χ1n) is 8.67. The number of benzene rings is 1. The van der Waals surface area contributed by atoms with Gasteiger partial charge in [0.2, 0.25) is 0 Å². The molecule has 1 aliphatic heterocycles. The van der Waals surface area contributed by atoms with Crippen LogP contribution in [0.3, 0.4) is 0 Å². The summed E-state index contributed by atoms with van der Waals surface area (Å²) >= 11 is 0. The summed E-state index contributed by atoms with van der Waals surface area (Å²) in [5.74, 6) is -1.10. The van der Waals surface area contributed by atoms with Crippen molar-refractivity contribution in [3.63, 3.8) is 0 Å². The van der Waals surface area contributed by atoms with E-state index in [1.807, 2.05) is 0 Å². The summed E-state index contributed by atoms with van der Waals surface area (Å²) < 4.78 is 6.65. The van der Waals surface area contributed by atoms with E-state index in [1.54, 1.807) is 24.3 Å². The third kappa shape index (κ3) is 4.04. The van der Waals surface area contributed by atoms with E-state index in [4.69, 9.17) is 15.6 Å². The van der Waals surface area contributed by atoms with Gasteiger partial charge in [0.15, 0.2) is 0 Å². The van der Waals surface area contributed by atoms with E-state index in [2.05, 4.69) is 4.98 Å². The molecule has 0 aliphatic carbocycles. The molecule has 0 unspecified atom stereocenters. The fourth-order valence-corrected chi connectivity index (χ4v) is 3.12. The molecule has 28 heavy (non-hydrogen) atoms. The van der Waals surface area contributed by atoms with Gasteiger partial charge in [0.25, 0.3) is 5.56 Å². The minimum atomic E-state index is -1.10. The second-order valence-corrected chi connectivity index (χ2v) is 6.67. The molecule has 0 radical (unpaired) electrons. The lowest BCUT2D eigenvalue weighted by Crippen LogP contribution is -2.33. The van der Waals surface area contributed by atoms with Gasteiger partial charge in [-0.1, -0.05) is 24.3 Å². The largest absolute Gasteiger partial charge is 0.480 e. The van der Waals surface area contributed by atoms with Crippen LogP contribution in [0.4, 0.5) is 0 Å². The molecule has 0 amide bonds. The van der Waals surface area contributed by atoms with Gasteiger partial charge in [-0.3, -0.25) is 19.1 Å². The predicted octanol–water partition coefficient (Wildman–Crippen LogP) is -1.20. The summed E-state index contributed by atoms with van der Waals surface area (Å²) in [6.07, 6.45) is -0.955. The SMILES string of the molecule is N[C@@H](Cc1ccc(-c2cn([C@H]3C[C@H](O)[C@@H](CO)O3)c(=O)[nH]c2=O)cc1)C(=O)O. The van der Waals surface area contributed by atoms with Crippen LogP contribution in [0.2, 0.25) is 0 Å². The zero-order valence-electron chi connectivity index (χ0n) is 14.8. The molecule has 0 saturated carbocycles. The number of aliphatic carboxylic acids is 1. The average molecular weight is 391 g/mol. The molecular weight excluding hydrogens is 370 g/mol. The number of nitrogens with zero attached hydrogens (tertiary/aromatic N) is 1. The van der Waals surface area contributed by atoms with Crippen molar-refractivity contribution in [2.24, 2.45) is 5.73 Å². The van der Waals surface area contributed by atoms with Gasteiger partial charge in [0.05, 0.1) is 18.3 Å². The highest BCUT2D eigenvalue weighted by Gasteiger charge is 2.35. The zero-order chi connectivity index (χ0) is 20.4. The summed E-state index contributed by atoms with van der Waals surface area (Å²) in [5, 5.41) is 27.9. The molecule has 4 atom stereocenters. The Bertz CT molecular complexity index is 966. The standard InChI is InChI=1S/C18H21N3O7/c19-12(17(25)26)5-9-1-3-10(4-2-9)11-7-21(18(27)20-16(11)24)15-6-13(23)14(8-22)28-15/h1-4,7,12-15,22-23H,5-6,8,19H2,(H,25,26)(H,20,24,27)/t12-,13-,14+,15+/m0/s1. The van der Waals surface area contributed by atoms with Gasteiger partial charge >= 0.3 is 11.7 Å². The number of aromatic amines is 1. The van der Waals surface area contributed by atoms with Crippen LogP contribution in [-0.4, -0.2) is 55.7 Å². The topological polar surface area (TPSA) is 168 Å². The van der Waals surface area contributed by atoms with E-state index in [0.717, 1.165) is 0 Å². The maximum atomic E-state index is 12.2. The number of aliphatic hydroxyl groups is 2. The fraction of sp³-hybridized carbons (Fsp3) is 0.389. The first-order chi connectivity index (χ1) is 13.3. The summed E-state index contributed by atoms with van der Waals surface area (Å²) in [4.78, 5) is 37.5. The molecule has 0 bridgehead atoms. The van der Waals surface area contributed by atoms with E-state index in [9.17, 15) is 24.6 Å². The number of rotatable bonds is 6. The van der Waals surface area contributed by atoms with Crippen LogP contribution in [0.25, 0.3) is 11.1 Å². The van der Waals surface area contributed by atoms with Crippen LogP contribution in [0.1, 0.15) is 18.2 Å². The Morgan fingerprint density at radius 2 is 2.00 bits per heavy atom. The third-order valence-electron chi connectivity index (χ3n) is 4.70. The molecule has 0 spiro atoms. The molecule has 1 aromatic heterocycles. The van der Waals surface area contributed by atoms with Crippen molar-refractivity contribution in [2.75, 3.05) is 6.61 Å². The smallest absolute Gasteiger partial charge is 0.330 e. The highest BCUT2D eigenvalue weighted by atomic mass is 16.5. The van der Waals surface area contributed by atoms with Crippen LogP contribution in [0.15, 0.2) is 40.1 Å². The molecule has 2 heterocycles. The monoisotopic (exact) mass is 391 g/mol. The Kier molecular flexibility index (Phi) is 5.75. The molecule has 1 aliphatic rings. The maximum Gasteiger partial charge on any atom is 0.330 e. The molecular formula is C18H21N3O7. The van der Waals surface area contributed by atoms with Crippen LogP contribution in [0.5, 0.6) is 0 Å². The van der Waals surface area contributed by atoms with Gasteiger partial charge in [-0.15, -0.1) is 0 Å². The van der Waals surface area contributed by atoms with Crippen molar-refractivity contribution in [1.29, 1.82) is 0 Å². The predicted molar refractivity (Wildman–Crippen MR) is 97.7 cm³/mol. The lowest BCUT2D eigenvalue weighted by atomic mass is 10.0. The van der Waals surface area contributed by atoms with Gasteiger partial charge in [-0.2, -0.15) is 0 Å². The number of H-pyrrole nitrogens is 1. The number of carboxylic acid groups (broad SMARTS) is 1. The summed E-state index contributed by atoms with van der Waals surface area (Å²) in [7, 11) is 0. The molecule has 10 nitrogen and oxygen atoms in total. The van der Waals surface area contributed by atoms with Crippen molar-refractivity contribution in [3.8, 4) is 11.1 Å². The Labute approximate surface area is 158 Å². The van der Waals surface area contributed by atoms with Crippen LogP contribution in [-0.2, 0) is 16.0 Å². The van der Waals surface area contributed by atoms with Gasteiger partial charge in [0, 0.05) is 12.6 Å². The Morgan fingerprint density at radius 1 is 1.32 bits per heavy atom. The normalized spacial score (nSPS) is 22.9. The Hall–Kier alpha value is -2.79. The van der Waals surface area contributed by atoms with Crippen LogP contribution >= 0.6 is 0 Å². The van der Waals surface area contributed by atoms with E-state index in [1.165, 1.54) is 10.8 Å². The van der Waals surface area contributed by atoms with Gasteiger partial charge < -0.3 is 25.8 Å². The highest BCUT2D eigenvalue weighted by Crippen LogP contribution is 2.28. The van der Waals surface area contributed by atoms with Gasteiger partial charge in [-0.05, 0) is 17.5 Å². The van der Waals surface area contributed by atoms with Crippen molar-refractivity contribution >= 4 is 5.97 Å². The van der Waals surface area contributed by atoms with E-state index in [0.29, 0.717) is 11.1 Å². The molecule has 3 rings (SSSR count). The van der Waals surface area contributed by atoms with Gasteiger partial charge in [0.1, 0.15) is 18.4 Å². The Morgan fingerprint density at radius 3 is 2.57 bits per heavy atom. The number of nitrogens with two attached hydrogens (primary N) is 1. The second-order valence-electron chi connectivity index (χ2n) is 6.67. The molecule has 1 fully saturated rings. The quantitative estimate of drug-likeness (QED) is 0.409. The number of hydrogen-bond donors (Lipinski definition) is 5. The van der Waals surface area contributed by atoms with Crippen LogP contribution < -0.4 is 17.0 Å². The molecule has 6 N–H and O–H groups in total. The van der Waals surface area contributed by atoms with Crippen molar-refractivity contribution in [2.45, 2.75) is 37.3 Å². The average Bonchev–Trinajstić information content (AvgIpc) is 3.03. The first kappa shape index (κ1) is 20.0. The number of carbonyl (C=O) groups is 1. The maximum absolute atomic E-state index is 12.2.